The van der Waals surface area contributed by atoms with Gasteiger partial charge >= 0.3 is 0 Å². The van der Waals surface area contributed by atoms with Crippen molar-refractivity contribution in [2.75, 3.05) is 0 Å². The van der Waals surface area contributed by atoms with E-state index in [1.807, 2.05) is 25.1 Å². The zero-order chi connectivity index (χ0) is 11.3. The Labute approximate surface area is 93.8 Å². The highest BCUT2D eigenvalue weighted by atomic mass is 15.1. The van der Waals surface area contributed by atoms with E-state index in [0.29, 0.717) is 0 Å². The average Bonchev–Trinajstić information content (AvgIpc) is 2.64. The fraction of sp³-hybridized carbons (Fsp3) is 0.231. The van der Waals surface area contributed by atoms with E-state index in [4.69, 9.17) is 0 Å². The maximum Gasteiger partial charge on any atom is 0.235 e. The molecule has 0 unspecified atom stereocenters. The molecule has 0 aliphatic rings. The molecule has 3 heteroatoms. The smallest absolute Gasteiger partial charge is 0.235 e. The Kier molecular flexibility index (Phi) is 1.78. The SMILES string of the molecule is Cc1nc2nc3ccccc3n2c(C)c1C. The van der Waals surface area contributed by atoms with Crippen molar-refractivity contribution >= 4 is 16.8 Å². The first-order valence-corrected chi connectivity index (χ1v) is 5.39. The molecule has 0 radical (unpaired) electrons. The number of nitrogens with zero attached hydrogens (tertiary/aromatic N) is 3. The summed E-state index contributed by atoms with van der Waals surface area (Å²) in [5.41, 5.74) is 5.64. The molecule has 16 heavy (non-hydrogen) atoms. The van der Waals surface area contributed by atoms with Gasteiger partial charge in [0.15, 0.2) is 0 Å². The van der Waals surface area contributed by atoms with E-state index in [9.17, 15) is 0 Å². The average molecular weight is 211 g/mol. The summed E-state index contributed by atoms with van der Waals surface area (Å²) >= 11 is 0. The summed E-state index contributed by atoms with van der Waals surface area (Å²) < 4.78 is 2.12. The fourth-order valence-corrected chi connectivity index (χ4v) is 2.08. The van der Waals surface area contributed by atoms with E-state index < -0.39 is 0 Å². The minimum atomic E-state index is 0.793. The second kappa shape index (κ2) is 3.04. The summed E-state index contributed by atoms with van der Waals surface area (Å²) in [6, 6.07) is 8.14. The van der Waals surface area contributed by atoms with E-state index in [1.54, 1.807) is 0 Å². The van der Waals surface area contributed by atoms with Crippen LogP contribution >= 0.6 is 0 Å². The number of hydrogen-bond donors (Lipinski definition) is 0. The van der Waals surface area contributed by atoms with E-state index in [0.717, 1.165) is 22.5 Å². The number of hydrogen-bond acceptors (Lipinski definition) is 2. The number of para-hydroxylation sites is 2. The molecule has 3 aromatic rings. The van der Waals surface area contributed by atoms with Crippen LogP contribution < -0.4 is 0 Å². The normalized spacial score (nSPS) is 11.4. The van der Waals surface area contributed by atoms with Gasteiger partial charge in [-0.15, -0.1) is 0 Å². The molecule has 0 spiro atoms. The fourth-order valence-electron chi connectivity index (χ4n) is 2.08. The number of fused-ring (bicyclic) bond motifs is 3. The topological polar surface area (TPSA) is 30.2 Å². The minimum absolute atomic E-state index is 0.793. The van der Waals surface area contributed by atoms with Gasteiger partial charge in [-0.25, -0.2) is 9.97 Å². The summed E-state index contributed by atoms with van der Waals surface area (Å²) in [4.78, 5) is 9.05. The Morgan fingerprint density at radius 1 is 1.00 bits per heavy atom. The van der Waals surface area contributed by atoms with Crippen LogP contribution in [0.5, 0.6) is 0 Å². The third kappa shape index (κ3) is 1.08. The molecule has 0 fully saturated rings. The third-order valence-electron chi connectivity index (χ3n) is 3.23. The zero-order valence-corrected chi connectivity index (χ0v) is 9.65. The quantitative estimate of drug-likeness (QED) is 0.572. The summed E-state index contributed by atoms with van der Waals surface area (Å²) in [7, 11) is 0. The molecule has 0 saturated carbocycles. The van der Waals surface area contributed by atoms with Crippen molar-refractivity contribution in [1.29, 1.82) is 0 Å². The molecule has 0 amide bonds. The van der Waals surface area contributed by atoms with Crippen molar-refractivity contribution in [2.45, 2.75) is 20.8 Å². The highest BCUT2D eigenvalue weighted by Crippen LogP contribution is 2.20. The van der Waals surface area contributed by atoms with Gasteiger partial charge in [0, 0.05) is 11.4 Å². The van der Waals surface area contributed by atoms with E-state index >= 15 is 0 Å². The molecule has 3 rings (SSSR count). The lowest BCUT2D eigenvalue weighted by Crippen LogP contribution is -2.00. The van der Waals surface area contributed by atoms with Crippen molar-refractivity contribution in [3.8, 4) is 0 Å². The number of aryl methyl sites for hydroxylation is 2. The van der Waals surface area contributed by atoms with Crippen LogP contribution in [0.2, 0.25) is 0 Å². The van der Waals surface area contributed by atoms with Gasteiger partial charge in [-0.2, -0.15) is 0 Å². The maximum absolute atomic E-state index is 4.53. The second-order valence-corrected chi connectivity index (χ2v) is 4.14. The number of aromatic nitrogens is 3. The van der Waals surface area contributed by atoms with Crippen LogP contribution in [0.15, 0.2) is 24.3 Å². The lowest BCUT2D eigenvalue weighted by Gasteiger charge is -2.07. The van der Waals surface area contributed by atoms with Gasteiger partial charge in [0.25, 0.3) is 0 Å². The molecular formula is C13H13N3. The van der Waals surface area contributed by atoms with Crippen LogP contribution in [0, 0.1) is 20.8 Å². The lowest BCUT2D eigenvalue weighted by atomic mass is 10.2. The Balaban J connectivity index is 2.62. The van der Waals surface area contributed by atoms with Gasteiger partial charge in [-0.3, -0.25) is 4.40 Å². The minimum Gasteiger partial charge on any atom is -0.281 e. The summed E-state index contributed by atoms with van der Waals surface area (Å²) in [5, 5.41) is 0. The third-order valence-corrected chi connectivity index (χ3v) is 3.23. The molecule has 3 nitrogen and oxygen atoms in total. The van der Waals surface area contributed by atoms with Gasteiger partial charge < -0.3 is 0 Å². The molecule has 2 aromatic heterocycles. The summed E-state index contributed by atoms with van der Waals surface area (Å²) in [5.74, 6) is 0.793. The van der Waals surface area contributed by atoms with Crippen LogP contribution in [-0.4, -0.2) is 14.4 Å². The van der Waals surface area contributed by atoms with E-state index in [2.05, 4.69) is 34.3 Å². The Morgan fingerprint density at radius 3 is 2.56 bits per heavy atom. The van der Waals surface area contributed by atoms with Gasteiger partial charge in [0.1, 0.15) is 0 Å². The molecule has 0 saturated heterocycles. The molecule has 0 N–H and O–H groups in total. The first-order chi connectivity index (χ1) is 7.68. The van der Waals surface area contributed by atoms with Crippen molar-refractivity contribution in [1.82, 2.24) is 14.4 Å². The largest absolute Gasteiger partial charge is 0.281 e. The van der Waals surface area contributed by atoms with Gasteiger partial charge in [0.05, 0.1) is 11.0 Å². The lowest BCUT2D eigenvalue weighted by molar-refractivity contribution is 0.997. The molecule has 1 aromatic carbocycles. The highest BCUT2D eigenvalue weighted by molar-refractivity contribution is 5.79. The van der Waals surface area contributed by atoms with Crippen LogP contribution in [0.25, 0.3) is 16.8 Å². The molecule has 0 aliphatic heterocycles. The van der Waals surface area contributed by atoms with Crippen LogP contribution in [0.4, 0.5) is 0 Å². The monoisotopic (exact) mass is 211 g/mol. The Morgan fingerprint density at radius 2 is 1.75 bits per heavy atom. The van der Waals surface area contributed by atoms with Gasteiger partial charge in [0.2, 0.25) is 5.78 Å². The van der Waals surface area contributed by atoms with E-state index in [-0.39, 0.29) is 0 Å². The van der Waals surface area contributed by atoms with E-state index in [1.165, 1.54) is 11.3 Å². The van der Waals surface area contributed by atoms with Crippen molar-refractivity contribution < 1.29 is 0 Å². The number of benzene rings is 1. The van der Waals surface area contributed by atoms with Crippen LogP contribution in [-0.2, 0) is 0 Å². The summed E-state index contributed by atoms with van der Waals surface area (Å²) in [6.07, 6.45) is 0. The molecule has 0 bridgehead atoms. The van der Waals surface area contributed by atoms with Gasteiger partial charge in [-0.05, 0) is 38.5 Å². The van der Waals surface area contributed by atoms with Crippen LogP contribution in [0.1, 0.15) is 17.0 Å². The van der Waals surface area contributed by atoms with Crippen molar-refractivity contribution in [3.63, 3.8) is 0 Å². The highest BCUT2D eigenvalue weighted by Gasteiger charge is 2.10. The molecule has 0 atom stereocenters. The number of rotatable bonds is 0. The molecule has 0 aliphatic carbocycles. The Bertz CT molecular complexity index is 695. The first-order valence-electron chi connectivity index (χ1n) is 5.39. The predicted octanol–water partition coefficient (Wildman–Crippen LogP) is 2.81. The van der Waals surface area contributed by atoms with Gasteiger partial charge in [-0.1, -0.05) is 12.1 Å². The standard InChI is InChI=1S/C13H13N3/c1-8-9(2)14-13-15-11-6-4-5-7-12(11)16(13)10(8)3/h4-7H,1-3H3. The number of imidazole rings is 1. The molecule has 80 valence electrons. The zero-order valence-electron chi connectivity index (χ0n) is 9.65. The maximum atomic E-state index is 4.53. The predicted molar refractivity (Wildman–Crippen MR) is 64.7 cm³/mol. The van der Waals surface area contributed by atoms with Crippen molar-refractivity contribution in [2.24, 2.45) is 0 Å². The van der Waals surface area contributed by atoms with Crippen LogP contribution in [0.3, 0.4) is 0 Å². The second-order valence-electron chi connectivity index (χ2n) is 4.14. The molecule has 2 heterocycles. The van der Waals surface area contributed by atoms with Crippen molar-refractivity contribution in [3.05, 3.63) is 41.2 Å². The Hall–Kier alpha value is -1.90. The first kappa shape index (κ1) is 9.33. The summed E-state index contributed by atoms with van der Waals surface area (Å²) in [6.45, 7) is 6.25. The molecular weight excluding hydrogens is 198 g/mol.